The van der Waals surface area contributed by atoms with Crippen molar-refractivity contribution < 1.29 is 18.0 Å². The van der Waals surface area contributed by atoms with Gasteiger partial charge in [0, 0.05) is 19.0 Å². The van der Waals surface area contributed by atoms with Gasteiger partial charge in [0.15, 0.2) is 0 Å². The van der Waals surface area contributed by atoms with Crippen LogP contribution in [0, 0.1) is 20.8 Å². The fraction of sp³-hybridized carbons (Fsp3) is 0.412. The SMILES string of the molecule is Cc1cccc(CN(C(=O)CN(c2cc(C)ccc2C)S(C)(=O)=O)[C@H](Cc2ccccc2)C(=O)NC2CCCCC2)c1. The highest BCUT2D eigenvalue weighted by molar-refractivity contribution is 7.92. The van der Waals surface area contributed by atoms with Crippen LogP contribution in [0.4, 0.5) is 5.69 Å². The summed E-state index contributed by atoms with van der Waals surface area (Å²) in [5.41, 5.74) is 4.95. The first-order valence-electron chi connectivity index (χ1n) is 14.8. The first-order chi connectivity index (χ1) is 20.0. The summed E-state index contributed by atoms with van der Waals surface area (Å²) < 4.78 is 27.3. The van der Waals surface area contributed by atoms with Gasteiger partial charge in [-0.25, -0.2) is 8.42 Å². The molecular weight excluding hydrogens is 546 g/mol. The molecule has 42 heavy (non-hydrogen) atoms. The van der Waals surface area contributed by atoms with Crippen LogP contribution in [0.25, 0.3) is 0 Å². The van der Waals surface area contributed by atoms with Gasteiger partial charge in [-0.15, -0.1) is 0 Å². The molecule has 0 aliphatic heterocycles. The summed E-state index contributed by atoms with van der Waals surface area (Å²) in [5, 5.41) is 3.24. The molecule has 8 heteroatoms. The fourth-order valence-electron chi connectivity index (χ4n) is 5.69. The molecule has 4 rings (SSSR count). The summed E-state index contributed by atoms with van der Waals surface area (Å²) in [6, 6.07) is 22.3. The van der Waals surface area contributed by atoms with Gasteiger partial charge < -0.3 is 10.2 Å². The lowest BCUT2D eigenvalue weighted by molar-refractivity contribution is -0.140. The summed E-state index contributed by atoms with van der Waals surface area (Å²) >= 11 is 0. The highest BCUT2D eigenvalue weighted by atomic mass is 32.2. The van der Waals surface area contributed by atoms with Crippen molar-refractivity contribution in [2.24, 2.45) is 0 Å². The average Bonchev–Trinajstić information content (AvgIpc) is 2.95. The Kier molecular flexibility index (Phi) is 10.4. The molecule has 0 spiro atoms. The number of aryl methyl sites for hydroxylation is 3. The molecule has 0 bridgehead atoms. The van der Waals surface area contributed by atoms with Gasteiger partial charge >= 0.3 is 0 Å². The van der Waals surface area contributed by atoms with Crippen LogP contribution in [0.5, 0.6) is 0 Å². The van der Waals surface area contributed by atoms with Crippen LogP contribution in [0.1, 0.15) is 59.9 Å². The number of nitrogens with one attached hydrogen (secondary N) is 1. The quantitative estimate of drug-likeness (QED) is 0.322. The van der Waals surface area contributed by atoms with Crippen molar-refractivity contribution in [3.05, 3.63) is 101 Å². The lowest BCUT2D eigenvalue weighted by Gasteiger charge is -2.35. The molecule has 224 valence electrons. The van der Waals surface area contributed by atoms with E-state index in [9.17, 15) is 18.0 Å². The van der Waals surface area contributed by atoms with Gasteiger partial charge in [-0.3, -0.25) is 13.9 Å². The van der Waals surface area contributed by atoms with Crippen molar-refractivity contribution in [3.63, 3.8) is 0 Å². The highest BCUT2D eigenvalue weighted by Gasteiger charge is 2.34. The normalized spacial score (nSPS) is 14.7. The standard InChI is InChI=1S/C34H43N3O4S/c1-25-12-11-15-29(20-25)23-36(33(38)24-37(42(4,40)41)31-21-26(2)18-19-27(31)3)32(22-28-13-7-5-8-14-28)34(39)35-30-16-9-6-10-17-30/h5,7-8,11-15,18-21,30,32H,6,9-10,16-17,22-24H2,1-4H3,(H,35,39)/t32-/m1/s1. The number of rotatable bonds is 11. The van der Waals surface area contributed by atoms with E-state index in [1.165, 1.54) is 4.31 Å². The summed E-state index contributed by atoms with van der Waals surface area (Å²) in [4.78, 5) is 29.9. The van der Waals surface area contributed by atoms with Crippen LogP contribution >= 0.6 is 0 Å². The Morgan fingerprint density at radius 1 is 0.857 bits per heavy atom. The molecule has 0 heterocycles. The van der Waals surface area contributed by atoms with E-state index in [0.717, 1.165) is 66.2 Å². The van der Waals surface area contributed by atoms with Crippen molar-refractivity contribution in [3.8, 4) is 0 Å². The van der Waals surface area contributed by atoms with Gasteiger partial charge in [0.05, 0.1) is 11.9 Å². The Bertz CT molecular complexity index is 1480. The molecule has 1 aliphatic carbocycles. The topological polar surface area (TPSA) is 86.8 Å². The maximum atomic E-state index is 14.3. The third-order valence-electron chi connectivity index (χ3n) is 7.97. The monoisotopic (exact) mass is 589 g/mol. The summed E-state index contributed by atoms with van der Waals surface area (Å²) in [6.45, 7) is 5.48. The molecule has 1 fully saturated rings. The molecule has 1 N–H and O–H groups in total. The molecule has 3 aromatic rings. The van der Waals surface area contributed by atoms with Crippen LogP contribution in [0.3, 0.4) is 0 Å². The third-order valence-corrected chi connectivity index (χ3v) is 9.10. The number of hydrogen-bond donors (Lipinski definition) is 1. The lowest BCUT2D eigenvalue weighted by Crippen LogP contribution is -2.55. The van der Waals surface area contributed by atoms with Crippen LogP contribution in [-0.2, 0) is 32.6 Å². The minimum Gasteiger partial charge on any atom is -0.352 e. The number of anilines is 1. The van der Waals surface area contributed by atoms with E-state index >= 15 is 0 Å². The van der Waals surface area contributed by atoms with Crippen LogP contribution in [-0.4, -0.2) is 50.0 Å². The highest BCUT2D eigenvalue weighted by Crippen LogP contribution is 2.25. The largest absolute Gasteiger partial charge is 0.352 e. The second-order valence-corrected chi connectivity index (χ2v) is 13.5. The first kappa shape index (κ1) is 31.3. The zero-order valence-corrected chi connectivity index (χ0v) is 26.0. The van der Waals surface area contributed by atoms with Gasteiger partial charge in [-0.2, -0.15) is 0 Å². The Balaban J connectivity index is 1.74. The second-order valence-electron chi connectivity index (χ2n) is 11.6. The van der Waals surface area contributed by atoms with E-state index in [2.05, 4.69) is 5.32 Å². The minimum atomic E-state index is -3.81. The van der Waals surface area contributed by atoms with Crippen LogP contribution in [0.2, 0.25) is 0 Å². The van der Waals surface area contributed by atoms with Gasteiger partial charge in [0.2, 0.25) is 21.8 Å². The Hall–Kier alpha value is -3.65. The van der Waals surface area contributed by atoms with Crippen molar-refractivity contribution in [2.45, 2.75) is 77.9 Å². The average molecular weight is 590 g/mol. The molecule has 0 unspecified atom stereocenters. The number of nitrogens with zero attached hydrogens (tertiary/aromatic N) is 2. The minimum absolute atomic E-state index is 0.0721. The van der Waals surface area contributed by atoms with E-state index in [1.807, 2.05) is 87.5 Å². The molecular formula is C34H43N3O4S. The van der Waals surface area contributed by atoms with Crippen LogP contribution < -0.4 is 9.62 Å². The lowest BCUT2D eigenvalue weighted by atomic mass is 9.94. The van der Waals surface area contributed by atoms with Crippen molar-refractivity contribution >= 4 is 27.5 Å². The third kappa shape index (κ3) is 8.44. The van der Waals surface area contributed by atoms with Crippen molar-refractivity contribution in [2.75, 3.05) is 17.1 Å². The maximum absolute atomic E-state index is 14.3. The predicted octanol–water partition coefficient (Wildman–Crippen LogP) is 5.47. The van der Waals surface area contributed by atoms with Crippen molar-refractivity contribution in [1.82, 2.24) is 10.2 Å². The molecule has 1 aliphatic rings. The Morgan fingerprint density at radius 2 is 1.52 bits per heavy atom. The summed E-state index contributed by atoms with van der Waals surface area (Å²) in [6.07, 6.45) is 6.58. The van der Waals surface area contributed by atoms with Gasteiger partial charge in [-0.05, 0) is 61.9 Å². The predicted molar refractivity (Wildman–Crippen MR) is 169 cm³/mol. The number of carbonyl (C=O) groups is 2. The first-order valence-corrected chi connectivity index (χ1v) is 16.6. The van der Waals surface area contributed by atoms with Gasteiger partial charge in [-0.1, -0.05) is 91.6 Å². The van der Waals surface area contributed by atoms with E-state index in [1.54, 1.807) is 11.0 Å². The zero-order chi connectivity index (χ0) is 30.3. The zero-order valence-electron chi connectivity index (χ0n) is 25.2. The fourth-order valence-corrected chi connectivity index (χ4v) is 6.59. The summed E-state index contributed by atoms with van der Waals surface area (Å²) in [5.74, 6) is -0.632. The number of benzene rings is 3. The molecule has 0 radical (unpaired) electrons. The van der Waals surface area contributed by atoms with E-state index in [0.29, 0.717) is 12.1 Å². The van der Waals surface area contributed by atoms with Gasteiger partial charge in [0.25, 0.3) is 0 Å². The number of carbonyl (C=O) groups excluding carboxylic acids is 2. The molecule has 1 saturated carbocycles. The van der Waals surface area contributed by atoms with Gasteiger partial charge in [0.1, 0.15) is 12.6 Å². The molecule has 7 nitrogen and oxygen atoms in total. The molecule has 0 saturated heterocycles. The Labute approximate surface area is 251 Å². The summed E-state index contributed by atoms with van der Waals surface area (Å²) in [7, 11) is -3.81. The smallest absolute Gasteiger partial charge is 0.244 e. The second kappa shape index (κ2) is 14.0. The molecule has 0 aromatic heterocycles. The van der Waals surface area contributed by atoms with E-state index in [4.69, 9.17) is 0 Å². The number of sulfonamides is 1. The maximum Gasteiger partial charge on any atom is 0.244 e. The Morgan fingerprint density at radius 3 is 2.19 bits per heavy atom. The van der Waals surface area contributed by atoms with E-state index < -0.39 is 28.5 Å². The van der Waals surface area contributed by atoms with E-state index in [-0.39, 0.29) is 18.5 Å². The molecule has 1 atom stereocenters. The molecule has 3 aromatic carbocycles. The number of amides is 2. The van der Waals surface area contributed by atoms with Crippen LogP contribution in [0.15, 0.2) is 72.8 Å². The molecule has 2 amide bonds. The number of hydrogen-bond acceptors (Lipinski definition) is 4. The van der Waals surface area contributed by atoms with Crippen molar-refractivity contribution in [1.29, 1.82) is 0 Å².